The van der Waals surface area contributed by atoms with Gasteiger partial charge in [0.05, 0.1) is 12.2 Å². The standard InChI is InChI=1S/C15H19NO4/c17-14(8-7-13-2-1-9-20-13)16-10-11-3-5-12(6-4-11)15(18)19/h1-2,7-9,11-12H,3-6,10H2,(H,16,17)(H,18,19)/b8-7+. The molecule has 0 aromatic carbocycles. The number of rotatable bonds is 5. The summed E-state index contributed by atoms with van der Waals surface area (Å²) in [6.45, 7) is 0.605. The Hall–Kier alpha value is -2.04. The molecule has 1 saturated carbocycles. The van der Waals surface area contributed by atoms with E-state index in [1.165, 1.54) is 6.08 Å². The van der Waals surface area contributed by atoms with E-state index >= 15 is 0 Å². The first-order chi connectivity index (χ1) is 9.65. The number of carboxylic acids is 1. The summed E-state index contributed by atoms with van der Waals surface area (Å²) >= 11 is 0. The van der Waals surface area contributed by atoms with Crippen LogP contribution in [0.25, 0.3) is 6.08 Å². The van der Waals surface area contributed by atoms with E-state index in [1.807, 2.05) is 0 Å². The molecule has 0 unspecified atom stereocenters. The lowest BCUT2D eigenvalue weighted by molar-refractivity contribution is -0.143. The van der Waals surface area contributed by atoms with Crippen molar-refractivity contribution in [2.24, 2.45) is 11.8 Å². The summed E-state index contributed by atoms with van der Waals surface area (Å²) in [5.74, 6) is -0.0369. The van der Waals surface area contributed by atoms with Crippen molar-refractivity contribution >= 4 is 18.0 Å². The summed E-state index contributed by atoms with van der Waals surface area (Å²) in [6.07, 6.45) is 7.76. The molecule has 1 aliphatic rings. The number of nitrogens with one attached hydrogen (secondary N) is 1. The number of aliphatic carboxylic acids is 1. The van der Waals surface area contributed by atoms with Crippen molar-refractivity contribution < 1.29 is 19.1 Å². The maximum Gasteiger partial charge on any atom is 0.306 e. The van der Waals surface area contributed by atoms with Crippen molar-refractivity contribution in [2.75, 3.05) is 6.54 Å². The molecule has 5 nitrogen and oxygen atoms in total. The van der Waals surface area contributed by atoms with Crippen molar-refractivity contribution in [3.05, 3.63) is 30.2 Å². The molecule has 20 heavy (non-hydrogen) atoms. The van der Waals surface area contributed by atoms with Gasteiger partial charge in [-0.25, -0.2) is 0 Å². The third-order valence-electron chi connectivity index (χ3n) is 3.70. The molecule has 5 heteroatoms. The summed E-state index contributed by atoms with van der Waals surface area (Å²) in [4.78, 5) is 22.5. The van der Waals surface area contributed by atoms with Gasteiger partial charge in [0.2, 0.25) is 5.91 Å². The molecular formula is C15H19NO4. The number of carbonyl (C=O) groups is 2. The van der Waals surface area contributed by atoms with Crippen LogP contribution >= 0.6 is 0 Å². The van der Waals surface area contributed by atoms with Crippen LogP contribution in [0.15, 0.2) is 28.9 Å². The zero-order valence-electron chi connectivity index (χ0n) is 11.2. The van der Waals surface area contributed by atoms with Gasteiger partial charge in [-0.3, -0.25) is 9.59 Å². The molecule has 1 aliphatic carbocycles. The first kappa shape index (κ1) is 14.4. The Kier molecular flexibility index (Phi) is 4.98. The van der Waals surface area contributed by atoms with Crippen molar-refractivity contribution in [2.45, 2.75) is 25.7 Å². The van der Waals surface area contributed by atoms with Gasteiger partial charge >= 0.3 is 5.97 Å². The molecule has 1 fully saturated rings. The third-order valence-corrected chi connectivity index (χ3v) is 3.70. The molecule has 2 rings (SSSR count). The van der Waals surface area contributed by atoms with Crippen LogP contribution in [-0.4, -0.2) is 23.5 Å². The van der Waals surface area contributed by atoms with E-state index in [0.717, 1.165) is 12.8 Å². The van der Waals surface area contributed by atoms with Crippen molar-refractivity contribution in [1.29, 1.82) is 0 Å². The first-order valence-electron chi connectivity index (χ1n) is 6.87. The Balaban J connectivity index is 1.68. The van der Waals surface area contributed by atoms with Gasteiger partial charge in [-0.2, -0.15) is 0 Å². The van der Waals surface area contributed by atoms with Crippen molar-refractivity contribution in [3.63, 3.8) is 0 Å². The number of carboxylic acid groups (broad SMARTS) is 1. The van der Waals surface area contributed by atoms with E-state index in [9.17, 15) is 9.59 Å². The molecule has 0 spiro atoms. The summed E-state index contributed by atoms with van der Waals surface area (Å²) in [6, 6.07) is 3.54. The van der Waals surface area contributed by atoms with Gasteiger partial charge in [-0.1, -0.05) is 0 Å². The minimum atomic E-state index is -0.700. The largest absolute Gasteiger partial charge is 0.481 e. The number of carbonyl (C=O) groups excluding carboxylic acids is 1. The fourth-order valence-electron chi connectivity index (χ4n) is 2.46. The van der Waals surface area contributed by atoms with Crippen LogP contribution in [0, 0.1) is 11.8 Å². The number of furan rings is 1. The molecule has 0 saturated heterocycles. The molecule has 1 heterocycles. The highest BCUT2D eigenvalue weighted by atomic mass is 16.4. The zero-order valence-corrected chi connectivity index (χ0v) is 11.2. The lowest BCUT2D eigenvalue weighted by Crippen LogP contribution is -2.31. The highest BCUT2D eigenvalue weighted by Gasteiger charge is 2.25. The average Bonchev–Trinajstić information content (AvgIpc) is 2.96. The monoisotopic (exact) mass is 277 g/mol. The van der Waals surface area contributed by atoms with Gasteiger partial charge in [0.1, 0.15) is 5.76 Å². The van der Waals surface area contributed by atoms with Gasteiger partial charge in [-0.05, 0) is 49.8 Å². The normalized spacial score (nSPS) is 22.8. The lowest BCUT2D eigenvalue weighted by atomic mass is 9.82. The minimum absolute atomic E-state index is 0.151. The van der Waals surface area contributed by atoms with E-state index in [-0.39, 0.29) is 11.8 Å². The Bertz CT molecular complexity index is 470. The van der Waals surface area contributed by atoms with Crippen LogP contribution in [0.1, 0.15) is 31.4 Å². The predicted molar refractivity (Wildman–Crippen MR) is 73.8 cm³/mol. The second-order valence-corrected chi connectivity index (χ2v) is 5.15. The highest BCUT2D eigenvalue weighted by Crippen LogP contribution is 2.28. The first-order valence-corrected chi connectivity index (χ1v) is 6.87. The molecule has 2 N–H and O–H groups in total. The summed E-state index contributed by atoms with van der Waals surface area (Å²) < 4.78 is 5.09. The summed E-state index contributed by atoms with van der Waals surface area (Å²) in [7, 11) is 0. The Morgan fingerprint density at radius 1 is 1.35 bits per heavy atom. The SMILES string of the molecule is O=C(/C=C/c1ccco1)NCC1CCC(C(=O)O)CC1. The van der Waals surface area contributed by atoms with Gasteiger partial charge in [0.15, 0.2) is 0 Å². The van der Waals surface area contributed by atoms with E-state index in [1.54, 1.807) is 24.5 Å². The smallest absolute Gasteiger partial charge is 0.306 e. The molecule has 0 radical (unpaired) electrons. The highest BCUT2D eigenvalue weighted by molar-refractivity contribution is 5.91. The van der Waals surface area contributed by atoms with Crippen LogP contribution in [0.2, 0.25) is 0 Å². The molecule has 108 valence electrons. The third kappa shape index (κ3) is 4.26. The Morgan fingerprint density at radius 3 is 2.70 bits per heavy atom. The predicted octanol–water partition coefficient (Wildman–Crippen LogP) is 2.30. The van der Waals surface area contributed by atoms with Gasteiger partial charge in [0, 0.05) is 12.6 Å². The fraction of sp³-hybridized carbons (Fsp3) is 0.467. The molecule has 0 atom stereocenters. The Labute approximate surface area is 117 Å². The molecule has 1 aromatic rings. The second-order valence-electron chi connectivity index (χ2n) is 5.15. The molecular weight excluding hydrogens is 258 g/mol. The van der Waals surface area contributed by atoms with E-state index in [2.05, 4.69) is 5.32 Å². The van der Waals surface area contributed by atoms with E-state index < -0.39 is 5.97 Å². The lowest BCUT2D eigenvalue weighted by Gasteiger charge is -2.25. The summed E-state index contributed by atoms with van der Waals surface area (Å²) in [5, 5.41) is 11.8. The molecule has 1 amide bonds. The van der Waals surface area contributed by atoms with E-state index in [0.29, 0.717) is 31.1 Å². The number of amides is 1. The van der Waals surface area contributed by atoms with E-state index in [4.69, 9.17) is 9.52 Å². The van der Waals surface area contributed by atoms with Crippen molar-refractivity contribution in [1.82, 2.24) is 5.32 Å². The second kappa shape index (κ2) is 6.93. The van der Waals surface area contributed by atoms with Crippen LogP contribution < -0.4 is 5.32 Å². The number of hydrogen-bond acceptors (Lipinski definition) is 3. The van der Waals surface area contributed by atoms with Crippen LogP contribution in [0.4, 0.5) is 0 Å². The van der Waals surface area contributed by atoms with Crippen molar-refractivity contribution in [3.8, 4) is 0 Å². The zero-order chi connectivity index (χ0) is 14.4. The van der Waals surface area contributed by atoms with Gasteiger partial charge < -0.3 is 14.8 Å². The fourth-order valence-corrected chi connectivity index (χ4v) is 2.46. The topological polar surface area (TPSA) is 79.5 Å². The van der Waals surface area contributed by atoms with Crippen LogP contribution in [0.5, 0.6) is 0 Å². The van der Waals surface area contributed by atoms with Crippen LogP contribution in [0.3, 0.4) is 0 Å². The average molecular weight is 277 g/mol. The molecule has 0 bridgehead atoms. The minimum Gasteiger partial charge on any atom is -0.481 e. The van der Waals surface area contributed by atoms with Crippen LogP contribution in [-0.2, 0) is 9.59 Å². The Morgan fingerprint density at radius 2 is 2.10 bits per heavy atom. The summed E-state index contributed by atoms with van der Waals surface area (Å²) in [5.41, 5.74) is 0. The number of hydrogen-bond donors (Lipinski definition) is 2. The van der Waals surface area contributed by atoms with Gasteiger partial charge in [0.25, 0.3) is 0 Å². The maximum atomic E-state index is 11.6. The maximum absolute atomic E-state index is 11.6. The quantitative estimate of drug-likeness (QED) is 0.809. The molecule has 1 aromatic heterocycles. The van der Waals surface area contributed by atoms with Gasteiger partial charge in [-0.15, -0.1) is 0 Å². The molecule has 0 aliphatic heterocycles.